The highest BCUT2D eigenvalue weighted by molar-refractivity contribution is 6.33. The van der Waals surface area contributed by atoms with Crippen LogP contribution in [0.2, 0.25) is 5.02 Å². The molecule has 0 fully saturated rings. The number of nitrogens with one attached hydrogen (secondary N) is 1. The van der Waals surface area contributed by atoms with E-state index in [0.29, 0.717) is 41.8 Å². The second kappa shape index (κ2) is 7.02. The van der Waals surface area contributed by atoms with Crippen LogP contribution in [0.3, 0.4) is 0 Å². The largest absolute Gasteiger partial charge is 0.481 e. The number of benzene rings is 1. The molecule has 2 N–H and O–H groups in total. The Hall–Kier alpha value is -1.92. The summed E-state index contributed by atoms with van der Waals surface area (Å²) in [6.07, 6.45) is 0.703. The fourth-order valence-electron chi connectivity index (χ4n) is 1.63. The highest BCUT2D eigenvalue weighted by atomic mass is 35.5. The van der Waals surface area contributed by atoms with Gasteiger partial charge in [-0.3, -0.25) is 4.79 Å². The standard InChI is InChI=1S/C13H14ClN3O3/c14-10-5-2-1-4-9(10)13-16-11(17-20-13)8-15-7-3-6-12(18)19/h1-2,4-5,15H,3,6-8H2,(H,18,19). The van der Waals surface area contributed by atoms with Gasteiger partial charge in [-0.1, -0.05) is 28.9 Å². The van der Waals surface area contributed by atoms with Crippen molar-refractivity contribution in [3.8, 4) is 11.5 Å². The second-order valence-corrected chi connectivity index (χ2v) is 4.58. The first-order valence-corrected chi connectivity index (χ1v) is 6.54. The van der Waals surface area contributed by atoms with Crippen molar-refractivity contribution < 1.29 is 14.4 Å². The first-order valence-electron chi connectivity index (χ1n) is 6.17. The Morgan fingerprint density at radius 3 is 2.95 bits per heavy atom. The summed E-state index contributed by atoms with van der Waals surface area (Å²) >= 11 is 6.04. The number of carboxylic acid groups (broad SMARTS) is 1. The summed E-state index contributed by atoms with van der Waals surface area (Å²) in [5.41, 5.74) is 0.693. The number of aromatic nitrogens is 2. The number of carbonyl (C=O) groups is 1. The fourth-order valence-corrected chi connectivity index (χ4v) is 1.85. The molecule has 0 saturated heterocycles. The lowest BCUT2D eigenvalue weighted by Crippen LogP contribution is -2.16. The van der Waals surface area contributed by atoms with Crippen LogP contribution < -0.4 is 5.32 Å². The molecule has 1 aromatic heterocycles. The maximum Gasteiger partial charge on any atom is 0.303 e. The smallest absolute Gasteiger partial charge is 0.303 e. The van der Waals surface area contributed by atoms with Gasteiger partial charge in [-0.15, -0.1) is 0 Å². The van der Waals surface area contributed by atoms with E-state index < -0.39 is 5.97 Å². The van der Waals surface area contributed by atoms with E-state index in [9.17, 15) is 4.79 Å². The molecule has 106 valence electrons. The monoisotopic (exact) mass is 295 g/mol. The molecule has 0 unspecified atom stereocenters. The highest BCUT2D eigenvalue weighted by Crippen LogP contribution is 2.25. The topological polar surface area (TPSA) is 88.2 Å². The summed E-state index contributed by atoms with van der Waals surface area (Å²) in [5, 5.41) is 16.0. The highest BCUT2D eigenvalue weighted by Gasteiger charge is 2.11. The maximum absolute atomic E-state index is 10.3. The fraction of sp³-hybridized carbons (Fsp3) is 0.308. The minimum atomic E-state index is -0.799. The third-order valence-electron chi connectivity index (χ3n) is 2.60. The Morgan fingerprint density at radius 1 is 1.40 bits per heavy atom. The van der Waals surface area contributed by atoms with E-state index in [2.05, 4.69) is 15.5 Å². The summed E-state index contributed by atoms with van der Waals surface area (Å²) < 4.78 is 5.15. The van der Waals surface area contributed by atoms with Crippen molar-refractivity contribution in [3.63, 3.8) is 0 Å². The van der Waals surface area contributed by atoms with Crippen molar-refractivity contribution in [1.82, 2.24) is 15.5 Å². The van der Waals surface area contributed by atoms with Crippen LogP contribution in [0.4, 0.5) is 0 Å². The molecule has 6 nitrogen and oxygen atoms in total. The lowest BCUT2D eigenvalue weighted by molar-refractivity contribution is -0.137. The molecule has 1 heterocycles. The molecule has 2 aromatic rings. The van der Waals surface area contributed by atoms with Crippen molar-refractivity contribution in [2.24, 2.45) is 0 Å². The van der Waals surface area contributed by atoms with Crippen molar-refractivity contribution >= 4 is 17.6 Å². The summed E-state index contributed by atoms with van der Waals surface area (Å²) in [5.74, 6) is 0.0838. The van der Waals surface area contributed by atoms with Gasteiger partial charge in [0.2, 0.25) is 0 Å². The second-order valence-electron chi connectivity index (χ2n) is 4.17. The van der Waals surface area contributed by atoms with Crippen LogP contribution in [-0.4, -0.2) is 27.8 Å². The molecular weight excluding hydrogens is 282 g/mol. The summed E-state index contributed by atoms with van der Waals surface area (Å²) in [6.45, 7) is 1.01. The maximum atomic E-state index is 10.3. The molecule has 0 spiro atoms. The van der Waals surface area contributed by atoms with Crippen molar-refractivity contribution in [3.05, 3.63) is 35.1 Å². The minimum absolute atomic E-state index is 0.143. The van der Waals surface area contributed by atoms with E-state index in [1.54, 1.807) is 12.1 Å². The quantitative estimate of drug-likeness (QED) is 0.762. The number of hydrogen-bond donors (Lipinski definition) is 2. The molecule has 0 radical (unpaired) electrons. The number of rotatable bonds is 7. The third kappa shape index (κ3) is 4.04. The van der Waals surface area contributed by atoms with Crippen LogP contribution in [0.5, 0.6) is 0 Å². The Bertz CT molecular complexity index is 586. The molecule has 2 rings (SSSR count). The predicted octanol–water partition coefficient (Wildman–Crippen LogP) is 2.34. The molecule has 0 aliphatic heterocycles. The van der Waals surface area contributed by atoms with Gasteiger partial charge in [0, 0.05) is 6.42 Å². The zero-order valence-corrected chi connectivity index (χ0v) is 11.4. The first-order chi connectivity index (χ1) is 9.66. The Labute approximate surface area is 120 Å². The molecule has 0 aliphatic rings. The number of aliphatic carboxylic acids is 1. The van der Waals surface area contributed by atoms with Gasteiger partial charge in [0.15, 0.2) is 5.82 Å². The summed E-state index contributed by atoms with van der Waals surface area (Å²) in [6, 6.07) is 7.23. The van der Waals surface area contributed by atoms with Gasteiger partial charge < -0.3 is 14.9 Å². The number of nitrogens with zero attached hydrogens (tertiary/aromatic N) is 2. The molecule has 0 amide bonds. The first kappa shape index (κ1) is 14.5. The van der Waals surface area contributed by atoms with Gasteiger partial charge in [0.05, 0.1) is 17.1 Å². The van der Waals surface area contributed by atoms with E-state index in [-0.39, 0.29) is 6.42 Å². The normalized spacial score (nSPS) is 10.7. The van der Waals surface area contributed by atoms with Crippen molar-refractivity contribution in [2.45, 2.75) is 19.4 Å². The minimum Gasteiger partial charge on any atom is -0.481 e. The lowest BCUT2D eigenvalue weighted by atomic mass is 10.2. The molecule has 0 bridgehead atoms. The Kier molecular flexibility index (Phi) is 5.09. The average Bonchev–Trinajstić information content (AvgIpc) is 2.87. The number of hydrogen-bond acceptors (Lipinski definition) is 5. The van der Waals surface area contributed by atoms with Crippen LogP contribution >= 0.6 is 11.6 Å². The molecule has 0 aliphatic carbocycles. The van der Waals surface area contributed by atoms with Gasteiger partial charge in [0.25, 0.3) is 5.89 Å². The average molecular weight is 296 g/mol. The molecular formula is C13H14ClN3O3. The molecule has 0 saturated carbocycles. The van der Waals surface area contributed by atoms with Gasteiger partial charge >= 0.3 is 5.97 Å². The third-order valence-corrected chi connectivity index (χ3v) is 2.93. The van der Waals surface area contributed by atoms with E-state index >= 15 is 0 Å². The summed E-state index contributed by atoms with van der Waals surface area (Å²) in [4.78, 5) is 14.6. The van der Waals surface area contributed by atoms with Crippen LogP contribution in [-0.2, 0) is 11.3 Å². The van der Waals surface area contributed by atoms with E-state index in [1.807, 2.05) is 12.1 Å². The molecule has 7 heteroatoms. The van der Waals surface area contributed by atoms with Crippen LogP contribution in [0.1, 0.15) is 18.7 Å². The summed E-state index contributed by atoms with van der Waals surface area (Å²) in [7, 11) is 0. The van der Waals surface area contributed by atoms with Gasteiger partial charge in [-0.25, -0.2) is 0 Å². The zero-order chi connectivity index (χ0) is 14.4. The van der Waals surface area contributed by atoms with E-state index in [0.717, 1.165) is 0 Å². The Balaban J connectivity index is 1.87. The van der Waals surface area contributed by atoms with E-state index in [4.69, 9.17) is 21.2 Å². The molecule has 0 atom stereocenters. The van der Waals surface area contributed by atoms with Gasteiger partial charge in [0.1, 0.15) is 0 Å². The Morgan fingerprint density at radius 2 is 2.20 bits per heavy atom. The van der Waals surface area contributed by atoms with Crippen molar-refractivity contribution in [1.29, 1.82) is 0 Å². The van der Waals surface area contributed by atoms with Crippen LogP contribution in [0.15, 0.2) is 28.8 Å². The SMILES string of the molecule is O=C(O)CCCNCc1noc(-c2ccccc2Cl)n1. The molecule has 20 heavy (non-hydrogen) atoms. The number of halogens is 1. The van der Waals surface area contributed by atoms with Crippen LogP contribution in [0, 0.1) is 0 Å². The van der Waals surface area contributed by atoms with Gasteiger partial charge in [-0.2, -0.15) is 4.98 Å². The lowest BCUT2D eigenvalue weighted by Gasteiger charge is -1.99. The van der Waals surface area contributed by atoms with Crippen molar-refractivity contribution in [2.75, 3.05) is 6.54 Å². The zero-order valence-electron chi connectivity index (χ0n) is 10.7. The van der Waals surface area contributed by atoms with Crippen LogP contribution in [0.25, 0.3) is 11.5 Å². The van der Waals surface area contributed by atoms with Gasteiger partial charge in [-0.05, 0) is 25.1 Å². The predicted molar refractivity (Wildman–Crippen MR) is 73.3 cm³/mol. The molecule has 1 aromatic carbocycles. The van der Waals surface area contributed by atoms with E-state index in [1.165, 1.54) is 0 Å². The number of carboxylic acids is 1.